The fourth-order valence-corrected chi connectivity index (χ4v) is 2.78. The van der Waals surface area contributed by atoms with Gasteiger partial charge in [0.25, 0.3) is 5.91 Å². The molecule has 0 aliphatic heterocycles. The van der Waals surface area contributed by atoms with Crippen molar-refractivity contribution in [1.29, 1.82) is 0 Å². The van der Waals surface area contributed by atoms with Gasteiger partial charge in [-0.2, -0.15) is 0 Å². The molecule has 3 heterocycles. The lowest BCUT2D eigenvalue weighted by Gasteiger charge is -2.00. The fourth-order valence-electron chi connectivity index (χ4n) is 2.61. The van der Waals surface area contributed by atoms with E-state index in [0.717, 1.165) is 16.9 Å². The van der Waals surface area contributed by atoms with E-state index in [2.05, 4.69) is 20.6 Å². The van der Waals surface area contributed by atoms with Gasteiger partial charge in [-0.25, -0.2) is 9.67 Å². The third kappa shape index (κ3) is 3.57. The van der Waals surface area contributed by atoms with Crippen LogP contribution in [0.5, 0.6) is 0 Å². The topological polar surface area (TPSA) is 77.1 Å². The van der Waals surface area contributed by atoms with E-state index in [-0.39, 0.29) is 11.6 Å². The highest BCUT2D eigenvalue weighted by Gasteiger charge is 2.12. The molecule has 26 heavy (non-hydrogen) atoms. The second-order valence-corrected chi connectivity index (χ2v) is 6.25. The summed E-state index contributed by atoms with van der Waals surface area (Å²) in [5.41, 5.74) is 2.87. The Hall–Kier alpha value is -3.19. The quantitative estimate of drug-likeness (QED) is 0.589. The van der Waals surface area contributed by atoms with Crippen molar-refractivity contribution in [2.24, 2.45) is 0 Å². The van der Waals surface area contributed by atoms with Crippen LogP contribution in [0.1, 0.15) is 21.7 Å². The Morgan fingerprint density at radius 2 is 1.92 bits per heavy atom. The maximum Gasteiger partial charge on any atom is 0.273 e. The maximum absolute atomic E-state index is 12.3. The van der Waals surface area contributed by atoms with E-state index in [1.807, 2.05) is 47.0 Å². The van der Waals surface area contributed by atoms with Crippen molar-refractivity contribution in [1.82, 2.24) is 29.7 Å². The Labute approximate surface area is 154 Å². The van der Waals surface area contributed by atoms with Gasteiger partial charge in [0, 0.05) is 12.4 Å². The normalized spacial score (nSPS) is 11.0. The number of rotatable bonds is 5. The van der Waals surface area contributed by atoms with Gasteiger partial charge in [-0.1, -0.05) is 47.1 Å². The minimum absolute atomic E-state index is 0.271. The predicted octanol–water partition coefficient (Wildman–Crippen LogP) is 2.56. The zero-order valence-electron chi connectivity index (χ0n) is 13.7. The van der Waals surface area contributed by atoms with Crippen molar-refractivity contribution in [3.8, 4) is 0 Å². The first-order valence-electron chi connectivity index (χ1n) is 8.03. The van der Waals surface area contributed by atoms with E-state index in [9.17, 15) is 4.79 Å². The number of fused-ring (bicyclic) bond motifs is 1. The number of carbonyl (C=O) groups excluding carboxylic acids is 1. The highest BCUT2D eigenvalue weighted by molar-refractivity contribution is 6.30. The SMILES string of the molecule is O=C(NCc1cn2cc(Cl)ccc2n1)c1cn(Cc2ccccc2)nn1. The molecular weight excluding hydrogens is 352 g/mol. The van der Waals surface area contributed by atoms with Crippen LogP contribution in [-0.4, -0.2) is 30.3 Å². The number of amides is 1. The van der Waals surface area contributed by atoms with Gasteiger partial charge in [-0.05, 0) is 17.7 Å². The lowest BCUT2D eigenvalue weighted by atomic mass is 10.2. The second kappa shape index (κ2) is 6.97. The summed E-state index contributed by atoms with van der Waals surface area (Å²) in [6, 6.07) is 13.5. The van der Waals surface area contributed by atoms with E-state index in [1.165, 1.54) is 0 Å². The monoisotopic (exact) mass is 366 g/mol. The van der Waals surface area contributed by atoms with E-state index in [1.54, 1.807) is 23.1 Å². The largest absolute Gasteiger partial charge is 0.345 e. The van der Waals surface area contributed by atoms with E-state index >= 15 is 0 Å². The second-order valence-electron chi connectivity index (χ2n) is 5.81. The molecule has 0 aliphatic rings. The molecule has 0 unspecified atom stereocenters. The first kappa shape index (κ1) is 16.3. The van der Waals surface area contributed by atoms with Crippen LogP contribution < -0.4 is 5.32 Å². The van der Waals surface area contributed by atoms with Crippen LogP contribution in [0.3, 0.4) is 0 Å². The van der Waals surface area contributed by atoms with Gasteiger partial charge >= 0.3 is 0 Å². The molecule has 8 heteroatoms. The van der Waals surface area contributed by atoms with Crippen LogP contribution in [0.15, 0.2) is 61.1 Å². The van der Waals surface area contributed by atoms with Crippen molar-refractivity contribution in [3.05, 3.63) is 83.0 Å². The van der Waals surface area contributed by atoms with Crippen molar-refractivity contribution in [2.75, 3.05) is 0 Å². The first-order chi connectivity index (χ1) is 12.7. The third-order valence-electron chi connectivity index (χ3n) is 3.85. The summed E-state index contributed by atoms with van der Waals surface area (Å²) in [7, 11) is 0. The molecule has 0 atom stereocenters. The van der Waals surface area contributed by atoms with Gasteiger partial charge in [0.05, 0.1) is 30.0 Å². The summed E-state index contributed by atoms with van der Waals surface area (Å²) in [6.07, 6.45) is 5.23. The Bertz CT molecular complexity index is 1060. The first-order valence-corrected chi connectivity index (χ1v) is 8.40. The molecule has 0 radical (unpaired) electrons. The van der Waals surface area contributed by atoms with Crippen LogP contribution in [0.2, 0.25) is 5.02 Å². The van der Waals surface area contributed by atoms with Crippen molar-refractivity contribution in [3.63, 3.8) is 0 Å². The number of imidazole rings is 1. The number of hydrogen-bond acceptors (Lipinski definition) is 4. The van der Waals surface area contributed by atoms with Gasteiger partial charge in [0.1, 0.15) is 5.65 Å². The number of halogens is 1. The number of nitrogens with zero attached hydrogens (tertiary/aromatic N) is 5. The van der Waals surface area contributed by atoms with E-state index in [0.29, 0.717) is 18.1 Å². The molecule has 0 fully saturated rings. The Morgan fingerprint density at radius 1 is 1.08 bits per heavy atom. The average Bonchev–Trinajstić information content (AvgIpc) is 3.27. The molecule has 1 N–H and O–H groups in total. The summed E-state index contributed by atoms with van der Waals surface area (Å²) in [5, 5.41) is 11.4. The fraction of sp³-hybridized carbons (Fsp3) is 0.111. The average molecular weight is 367 g/mol. The number of aromatic nitrogens is 5. The van der Waals surface area contributed by atoms with Gasteiger partial charge in [-0.3, -0.25) is 4.79 Å². The lowest BCUT2D eigenvalue weighted by Crippen LogP contribution is -2.23. The molecule has 7 nitrogen and oxygen atoms in total. The van der Waals surface area contributed by atoms with E-state index in [4.69, 9.17) is 11.6 Å². The molecule has 4 rings (SSSR count). The number of benzene rings is 1. The van der Waals surface area contributed by atoms with Crippen LogP contribution >= 0.6 is 11.6 Å². The maximum atomic E-state index is 12.3. The third-order valence-corrected chi connectivity index (χ3v) is 4.08. The summed E-state index contributed by atoms with van der Waals surface area (Å²) in [4.78, 5) is 16.7. The Balaban J connectivity index is 1.40. The minimum Gasteiger partial charge on any atom is -0.345 e. The summed E-state index contributed by atoms with van der Waals surface area (Å²) in [5.74, 6) is -0.292. The van der Waals surface area contributed by atoms with Crippen LogP contribution in [0.4, 0.5) is 0 Å². The van der Waals surface area contributed by atoms with Crippen LogP contribution in [0.25, 0.3) is 5.65 Å². The van der Waals surface area contributed by atoms with Crippen LogP contribution in [0, 0.1) is 0 Å². The molecule has 130 valence electrons. The van der Waals surface area contributed by atoms with Gasteiger partial charge < -0.3 is 9.72 Å². The van der Waals surface area contributed by atoms with Crippen molar-refractivity contribution < 1.29 is 4.79 Å². The Morgan fingerprint density at radius 3 is 2.77 bits per heavy atom. The molecule has 0 spiro atoms. The summed E-state index contributed by atoms with van der Waals surface area (Å²) >= 11 is 5.96. The molecule has 0 aliphatic carbocycles. The molecule has 0 bridgehead atoms. The minimum atomic E-state index is -0.292. The lowest BCUT2D eigenvalue weighted by molar-refractivity contribution is 0.0945. The van der Waals surface area contributed by atoms with Gasteiger partial charge in [0.2, 0.25) is 0 Å². The molecule has 4 aromatic rings. The summed E-state index contributed by atoms with van der Waals surface area (Å²) < 4.78 is 3.46. The number of pyridine rings is 1. The summed E-state index contributed by atoms with van der Waals surface area (Å²) in [6.45, 7) is 0.859. The number of nitrogens with one attached hydrogen (secondary N) is 1. The van der Waals surface area contributed by atoms with Crippen molar-refractivity contribution >= 4 is 23.2 Å². The smallest absolute Gasteiger partial charge is 0.273 e. The zero-order chi connectivity index (χ0) is 17.9. The standard InChI is InChI=1S/C18H15ClN6O/c19-14-6-7-17-21-15(11-24(17)10-14)8-20-18(26)16-12-25(23-22-16)9-13-4-2-1-3-5-13/h1-7,10-12H,8-9H2,(H,20,26). The van der Waals surface area contributed by atoms with E-state index < -0.39 is 0 Å². The molecular formula is C18H15ClN6O. The molecule has 1 amide bonds. The van der Waals surface area contributed by atoms with Crippen molar-refractivity contribution in [2.45, 2.75) is 13.1 Å². The van der Waals surface area contributed by atoms with Gasteiger partial charge in [-0.15, -0.1) is 5.10 Å². The molecule has 3 aromatic heterocycles. The van der Waals surface area contributed by atoms with Crippen LogP contribution in [-0.2, 0) is 13.1 Å². The highest BCUT2D eigenvalue weighted by Crippen LogP contribution is 2.11. The zero-order valence-corrected chi connectivity index (χ0v) is 14.5. The molecule has 0 saturated heterocycles. The predicted molar refractivity (Wildman–Crippen MR) is 96.9 cm³/mol. The molecule has 0 saturated carbocycles. The number of carbonyl (C=O) groups is 1. The highest BCUT2D eigenvalue weighted by atomic mass is 35.5. The number of hydrogen-bond donors (Lipinski definition) is 1. The Kier molecular flexibility index (Phi) is 4.37. The molecule has 1 aromatic carbocycles. The van der Waals surface area contributed by atoms with Gasteiger partial charge in [0.15, 0.2) is 5.69 Å².